The van der Waals surface area contributed by atoms with Crippen molar-refractivity contribution in [2.45, 2.75) is 23.4 Å². The summed E-state index contributed by atoms with van der Waals surface area (Å²) in [6, 6.07) is 76.1. The lowest BCUT2D eigenvalue weighted by atomic mass is 9.84. The van der Waals surface area contributed by atoms with Gasteiger partial charge < -0.3 is 14.0 Å². The molecule has 0 saturated heterocycles. The molecule has 3 heteroatoms. The van der Waals surface area contributed by atoms with Crippen LogP contribution in [-0.2, 0) is 5.41 Å². The molecule has 0 radical (unpaired) electrons. The second kappa shape index (κ2) is 15.2. The van der Waals surface area contributed by atoms with Gasteiger partial charge in [0.15, 0.2) is 0 Å². The number of fused-ring (bicyclic) bond motifs is 9. The van der Waals surface area contributed by atoms with E-state index in [1.54, 1.807) is 0 Å². The number of para-hydroxylation sites is 2. The summed E-state index contributed by atoms with van der Waals surface area (Å²) in [5.41, 5.74) is 17.2. The first-order valence-electron chi connectivity index (χ1n) is 25.5. The Kier molecular flexibility index (Phi) is 8.42. The Morgan fingerprint density at radius 1 is 0.479 bits per heavy atom. The zero-order valence-corrected chi connectivity index (χ0v) is 39.8. The molecule has 3 nitrogen and oxygen atoms in total. The molecule has 10 aromatic carbocycles. The lowest BCUT2D eigenvalue weighted by Gasteiger charge is -2.24. The maximum Gasteiger partial charge on any atom is 0.149 e. The highest BCUT2D eigenvalue weighted by atomic mass is 16.5. The monoisotopic (exact) mass is 931 g/mol. The molecular weight excluding hydrogens is 887 g/mol. The maximum absolute atomic E-state index is 6.99. The van der Waals surface area contributed by atoms with Crippen LogP contribution in [0.2, 0.25) is 0 Å². The summed E-state index contributed by atoms with van der Waals surface area (Å²) in [5.74, 6) is 2.96. The number of aromatic nitrogens is 1. The van der Waals surface area contributed by atoms with E-state index in [1.807, 2.05) is 0 Å². The van der Waals surface area contributed by atoms with Crippen molar-refractivity contribution >= 4 is 48.9 Å². The highest BCUT2D eigenvalue weighted by molar-refractivity contribution is 6.22. The first-order valence-corrected chi connectivity index (χ1v) is 25.5. The Balaban J connectivity index is 0.886. The highest BCUT2D eigenvalue weighted by Gasteiger charge is 2.76. The van der Waals surface area contributed by atoms with Gasteiger partial charge in [0.2, 0.25) is 0 Å². The van der Waals surface area contributed by atoms with E-state index in [0.29, 0.717) is 0 Å². The lowest BCUT2D eigenvalue weighted by Crippen LogP contribution is -2.26. The van der Waals surface area contributed by atoms with Crippen molar-refractivity contribution in [2.24, 2.45) is 0 Å². The molecule has 342 valence electrons. The summed E-state index contributed by atoms with van der Waals surface area (Å²) in [7, 11) is 0. The van der Waals surface area contributed by atoms with E-state index in [9.17, 15) is 0 Å². The molecule has 0 spiro atoms. The zero-order chi connectivity index (χ0) is 47.8. The normalized spacial score (nSPS) is 19.6. The molecule has 3 heterocycles. The molecule has 0 N–H and O–H groups in total. The first kappa shape index (κ1) is 40.5. The average molecular weight is 932 g/mol. The second-order valence-corrected chi connectivity index (χ2v) is 20.3. The number of ether oxygens (including phenoxy) is 2. The summed E-state index contributed by atoms with van der Waals surface area (Å²) in [6.07, 6.45) is 18.6. The second-order valence-electron chi connectivity index (χ2n) is 20.3. The molecule has 11 aromatic rings. The number of hydrogen-bond acceptors (Lipinski definition) is 2. The van der Waals surface area contributed by atoms with Crippen molar-refractivity contribution in [2.75, 3.05) is 0 Å². The van der Waals surface area contributed by atoms with Gasteiger partial charge in [0, 0.05) is 51.1 Å². The molecule has 16 rings (SSSR count). The quantitative estimate of drug-likeness (QED) is 0.155. The predicted octanol–water partition coefficient (Wildman–Crippen LogP) is 17.7. The fourth-order valence-electron chi connectivity index (χ4n) is 13.2. The number of benzene rings is 10. The summed E-state index contributed by atoms with van der Waals surface area (Å²) < 4.78 is 16.1. The Labute approximate surface area is 423 Å². The fourth-order valence-corrected chi connectivity index (χ4v) is 13.2. The minimum absolute atomic E-state index is 0.130. The Morgan fingerprint density at radius 2 is 1.12 bits per heavy atom. The lowest BCUT2D eigenvalue weighted by molar-refractivity contribution is 0.245. The number of nitrogens with zero attached hydrogens (tertiary/aromatic N) is 1. The van der Waals surface area contributed by atoms with Crippen molar-refractivity contribution in [3.05, 3.63) is 277 Å². The Morgan fingerprint density at radius 3 is 1.93 bits per heavy atom. The smallest absolute Gasteiger partial charge is 0.149 e. The first-order chi connectivity index (χ1) is 36.1. The van der Waals surface area contributed by atoms with Gasteiger partial charge >= 0.3 is 0 Å². The molecule has 73 heavy (non-hydrogen) atoms. The van der Waals surface area contributed by atoms with Gasteiger partial charge in [-0.05, 0) is 127 Å². The van der Waals surface area contributed by atoms with E-state index in [0.717, 1.165) is 57.1 Å². The van der Waals surface area contributed by atoms with Crippen LogP contribution in [0.4, 0.5) is 0 Å². The number of allylic oxidation sites excluding steroid dienone is 7. The summed E-state index contributed by atoms with van der Waals surface area (Å²) in [6.45, 7) is 0. The van der Waals surface area contributed by atoms with Gasteiger partial charge in [-0.15, -0.1) is 0 Å². The van der Waals surface area contributed by atoms with Crippen molar-refractivity contribution < 1.29 is 9.47 Å². The van der Waals surface area contributed by atoms with Crippen LogP contribution in [0.1, 0.15) is 29.0 Å². The van der Waals surface area contributed by atoms with E-state index >= 15 is 0 Å². The molecule has 3 atom stereocenters. The summed E-state index contributed by atoms with van der Waals surface area (Å²) >= 11 is 0. The van der Waals surface area contributed by atoms with Crippen LogP contribution < -0.4 is 9.47 Å². The Hall–Kier alpha value is -9.18. The molecule has 3 unspecified atom stereocenters. The summed E-state index contributed by atoms with van der Waals surface area (Å²) in [4.78, 5) is 0. The fraction of sp³-hybridized carbons (Fsp3) is 0.0571. The van der Waals surface area contributed by atoms with Gasteiger partial charge in [0.1, 0.15) is 22.9 Å². The van der Waals surface area contributed by atoms with E-state index in [4.69, 9.17) is 9.47 Å². The van der Waals surface area contributed by atoms with Crippen LogP contribution in [0.5, 0.6) is 11.5 Å². The van der Waals surface area contributed by atoms with Gasteiger partial charge in [-0.1, -0.05) is 194 Å². The molecule has 1 aromatic heterocycles. The van der Waals surface area contributed by atoms with Gasteiger partial charge in [0.25, 0.3) is 0 Å². The predicted molar refractivity (Wildman–Crippen MR) is 300 cm³/mol. The average Bonchev–Trinajstić information content (AvgIpc) is 4.14. The van der Waals surface area contributed by atoms with E-state index < -0.39 is 5.60 Å². The van der Waals surface area contributed by atoms with E-state index in [2.05, 4.69) is 259 Å². The minimum Gasteiger partial charge on any atom is -0.481 e. The van der Waals surface area contributed by atoms with E-state index in [-0.39, 0.29) is 11.3 Å². The molecule has 1 saturated carbocycles. The number of rotatable bonds is 6. The van der Waals surface area contributed by atoms with Gasteiger partial charge in [-0.2, -0.15) is 0 Å². The molecule has 2 bridgehead atoms. The minimum atomic E-state index is -0.403. The van der Waals surface area contributed by atoms with Crippen LogP contribution in [0.15, 0.2) is 261 Å². The van der Waals surface area contributed by atoms with Gasteiger partial charge in [-0.25, -0.2) is 0 Å². The maximum atomic E-state index is 6.99. The summed E-state index contributed by atoms with van der Waals surface area (Å²) in [5, 5.41) is 7.36. The molecular formula is C70H45NO2. The van der Waals surface area contributed by atoms with Gasteiger partial charge in [0.05, 0.1) is 16.4 Å². The van der Waals surface area contributed by atoms with Crippen LogP contribution in [0, 0.1) is 0 Å². The van der Waals surface area contributed by atoms with Crippen LogP contribution in [0.25, 0.3) is 99.1 Å². The third-order valence-electron chi connectivity index (χ3n) is 16.5. The van der Waals surface area contributed by atoms with Gasteiger partial charge in [-0.3, -0.25) is 0 Å². The zero-order valence-electron chi connectivity index (χ0n) is 39.8. The third-order valence-corrected chi connectivity index (χ3v) is 16.5. The van der Waals surface area contributed by atoms with Crippen molar-refractivity contribution in [3.8, 4) is 61.7 Å². The highest BCUT2D eigenvalue weighted by Crippen LogP contribution is 2.73. The molecule has 0 amide bonds. The topological polar surface area (TPSA) is 23.4 Å². The van der Waals surface area contributed by atoms with Crippen molar-refractivity contribution in [1.82, 2.24) is 4.57 Å². The molecule has 5 aliphatic rings. The standard InChI is InChI=1S/C70H45NO2/c1-3-16-44(17-4-1)66-55-24-9-10-25-56(55)67(45-18-5-2-6-19-45)60-40-47(31-34-57(60)66)46-21-13-22-51(38-46)71-63-35-32-49(54-27-14-26-53-48-20-7-8-23-52(39-48)72-68(53)54)41-58(63)59-42-50(33-36-64(59)71)61-29-15-37-69-43-70(61,69)73-65-30-12-11-28-62(65)69/h1-42,48H,43H2. The third kappa shape index (κ3) is 5.82. The van der Waals surface area contributed by atoms with Crippen LogP contribution >= 0.6 is 0 Å². The van der Waals surface area contributed by atoms with E-state index in [1.165, 1.54) is 82.4 Å². The van der Waals surface area contributed by atoms with Crippen molar-refractivity contribution in [3.63, 3.8) is 0 Å². The van der Waals surface area contributed by atoms with Crippen molar-refractivity contribution in [1.29, 1.82) is 0 Å². The van der Waals surface area contributed by atoms with Crippen LogP contribution in [-0.4, -0.2) is 10.2 Å². The molecule has 3 aliphatic carbocycles. The largest absolute Gasteiger partial charge is 0.481 e. The van der Waals surface area contributed by atoms with Crippen LogP contribution in [0.3, 0.4) is 0 Å². The molecule has 2 aliphatic heterocycles. The number of hydrogen-bond donors (Lipinski definition) is 0. The SMILES string of the molecule is C1=CC2=CC(C=C1)c1cccc(-c3ccc4c(c3)c3cc(C5=CC=CC67CC56Oc5ccccc57)ccc3n4-c3cccc(-c4ccc5c(-c6ccccc6)c6ccccc6c(-c6ccccc6)c5c4)c3)c1O2. The molecule has 1 fully saturated rings. The Bertz CT molecular complexity index is 4360.